The Balaban J connectivity index is 1.36. The molecule has 0 saturated carbocycles. The van der Waals surface area contributed by atoms with E-state index < -0.39 is 39.9 Å². The lowest BCUT2D eigenvalue weighted by molar-refractivity contribution is -0.384. The van der Waals surface area contributed by atoms with E-state index in [1.807, 2.05) is 48.5 Å². The molecule has 9 nitrogen and oxygen atoms in total. The van der Waals surface area contributed by atoms with Crippen molar-refractivity contribution in [2.45, 2.75) is 17.8 Å². The lowest BCUT2D eigenvalue weighted by atomic mass is 9.47. The first-order valence-electron chi connectivity index (χ1n) is 13.7. The van der Waals surface area contributed by atoms with Crippen molar-refractivity contribution < 1.29 is 19.3 Å². The van der Waals surface area contributed by atoms with Crippen LogP contribution < -0.4 is 10.3 Å². The highest BCUT2D eigenvalue weighted by atomic mass is 35.5. The molecule has 0 spiro atoms. The Morgan fingerprint density at radius 1 is 0.907 bits per heavy atom. The molecule has 1 aliphatic heterocycles. The normalized spacial score (nSPS) is 23.2. The number of carbonyl (C=O) groups is 3. The van der Waals surface area contributed by atoms with Crippen LogP contribution in [0.25, 0.3) is 0 Å². The van der Waals surface area contributed by atoms with Crippen molar-refractivity contribution in [1.29, 1.82) is 0 Å². The van der Waals surface area contributed by atoms with Crippen molar-refractivity contribution in [1.82, 2.24) is 5.43 Å². The van der Waals surface area contributed by atoms with Gasteiger partial charge in [0, 0.05) is 23.2 Å². The number of nitrogens with one attached hydrogen (secondary N) is 1. The van der Waals surface area contributed by atoms with Crippen molar-refractivity contribution in [2.24, 2.45) is 16.9 Å². The second-order valence-electron chi connectivity index (χ2n) is 10.9. The van der Waals surface area contributed by atoms with E-state index in [0.29, 0.717) is 5.02 Å². The number of hydrogen-bond acceptors (Lipinski definition) is 6. The zero-order chi connectivity index (χ0) is 29.9. The smallest absolute Gasteiger partial charge is 0.274 e. The maximum Gasteiger partial charge on any atom is 0.293 e. The number of nitro groups is 1. The number of anilines is 1. The maximum absolute atomic E-state index is 14.4. The van der Waals surface area contributed by atoms with E-state index in [-0.39, 0.29) is 23.7 Å². The number of carbonyl (C=O) groups excluding carboxylic acids is 3. The lowest BCUT2D eigenvalue weighted by Gasteiger charge is -2.52. The van der Waals surface area contributed by atoms with Crippen LogP contribution in [0.3, 0.4) is 0 Å². The quantitative estimate of drug-likeness (QED) is 0.144. The number of halogens is 1. The molecule has 0 unspecified atom stereocenters. The highest BCUT2D eigenvalue weighted by Gasteiger charge is 2.68. The standard InChI is InChI=1S/C33H23ClN4O5/c34-20-15-13-19(14-16-20)17-27(39)36-35-18-33-23-9-3-1-7-21(23)28(22-8-2-4-10-24(22)33)29-30(33)32(41)37(31(29)40)25-11-5-6-12-26(25)38(42)43/h1-16,18,28-30H,17H2,(H,36,39)/b35-18-/t28?,29-,30-,33?/m1/s1. The molecule has 0 radical (unpaired) electrons. The van der Waals surface area contributed by atoms with Gasteiger partial charge in [-0.05, 0) is 46.0 Å². The summed E-state index contributed by atoms with van der Waals surface area (Å²) in [5.74, 6) is -3.61. The minimum Gasteiger partial charge on any atom is -0.274 e. The topological polar surface area (TPSA) is 122 Å². The average Bonchev–Trinajstić information content (AvgIpc) is 3.29. The number of imide groups is 1. The third kappa shape index (κ3) is 3.92. The number of amides is 3. The van der Waals surface area contributed by atoms with E-state index in [2.05, 4.69) is 10.5 Å². The van der Waals surface area contributed by atoms with E-state index in [4.69, 9.17) is 11.6 Å². The van der Waals surface area contributed by atoms with Crippen LogP contribution in [0.5, 0.6) is 0 Å². The SMILES string of the molecule is O=C(Cc1ccc(Cl)cc1)N/N=C\C12c3ccccc3C(c3ccccc31)[C@H]1C(=O)N(c3ccccc3[N+](=O)[O-])C(=O)[C@@H]12. The van der Waals surface area contributed by atoms with Gasteiger partial charge in [0.15, 0.2) is 0 Å². The number of nitro benzene ring substituents is 1. The number of nitrogens with zero attached hydrogens (tertiary/aromatic N) is 3. The molecule has 1 fully saturated rings. The Labute approximate surface area is 250 Å². The Bertz CT molecular complexity index is 1820. The molecular weight excluding hydrogens is 568 g/mol. The molecule has 3 aliphatic carbocycles. The van der Waals surface area contributed by atoms with E-state index in [1.54, 1.807) is 36.5 Å². The number of rotatable bonds is 6. The number of benzene rings is 4. The Kier molecular flexibility index (Phi) is 6.21. The summed E-state index contributed by atoms with van der Waals surface area (Å²) in [5, 5.41) is 16.9. The van der Waals surface area contributed by atoms with Gasteiger partial charge < -0.3 is 0 Å². The summed E-state index contributed by atoms with van der Waals surface area (Å²) in [5.41, 5.74) is 5.12. The molecule has 4 aliphatic rings. The van der Waals surface area contributed by atoms with E-state index in [1.165, 1.54) is 18.2 Å². The highest BCUT2D eigenvalue weighted by molar-refractivity contribution is 6.30. The summed E-state index contributed by atoms with van der Waals surface area (Å²) in [4.78, 5) is 53.8. The average molecular weight is 591 g/mol. The summed E-state index contributed by atoms with van der Waals surface area (Å²) in [6.07, 6.45) is 1.62. The van der Waals surface area contributed by atoms with Crippen LogP contribution in [0, 0.1) is 22.0 Å². The molecular formula is C33H23ClN4O5. The fourth-order valence-electron chi connectivity index (χ4n) is 7.13. The van der Waals surface area contributed by atoms with Gasteiger partial charge in [0.05, 0.1) is 28.6 Å². The van der Waals surface area contributed by atoms with Gasteiger partial charge in [-0.25, -0.2) is 10.3 Å². The molecule has 43 heavy (non-hydrogen) atoms. The number of hydrogen-bond donors (Lipinski definition) is 1. The molecule has 0 aromatic heterocycles. The Morgan fingerprint density at radius 2 is 1.51 bits per heavy atom. The third-order valence-electron chi connectivity index (χ3n) is 8.74. The van der Waals surface area contributed by atoms with Gasteiger partial charge in [0.1, 0.15) is 5.69 Å². The van der Waals surface area contributed by atoms with Gasteiger partial charge in [0.2, 0.25) is 17.7 Å². The predicted molar refractivity (Wildman–Crippen MR) is 160 cm³/mol. The van der Waals surface area contributed by atoms with Crippen LogP contribution in [0.1, 0.15) is 33.7 Å². The maximum atomic E-state index is 14.4. The zero-order valence-electron chi connectivity index (χ0n) is 22.5. The minimum atomic E-state index is -1.22. The van der Waals surface area contributed by atoms with Crippen LogP contribution in [0.15, 0.2) is 102 Å². The Hall–Kier alpha value is -5.15. The first kappa shape index (κ1) is 26.7. The van der Waals surface area contributed by atoms with E-state index in [9.17, 15) is 24.5 Å². The largest absolute Gasteiger partial charge is 0.293 e. The molecule has 212 valence electrons. The summed E-state index contributed by atoms with van der Waals surface area (Å²) < 4.78 is 0. The summed E-state index contributed by atoms with van der Waals surface area (Å²) in [6, 6.07) is 27.9. The van der Waals surface area contributed by atoms with Crippen LogP contribution in [0.4, 0.5) is 11.4 Å². The molecule has 1 N–H and O–H groups in total. The van der Waals surface area contributed by atoms with Gasteiger partial charge in [-0.3, -0.25) is 24.5 Å². The van der Waals surface area contributed by atoms with Gasteiger partial charge in [-0.15, -0.1) is 0 Å². The highest BCUT2D eigenvalue weighted by Crippen LogP contribution is 2.63. The predicted octanol–water partition coefficient (Wildman–Crippen LogP) is 5.14. The van der Waals surface area contributed by atoms with E-state index >= 15 is 0 Å². The minimum absolute atomic E-state index is 0.0612. The van der Waals surface area contributed by atoms with Gasteiger partial charge >= 0.3 is 0 Å². The van der Waals surface area contributed by atoms with Crippen LogP contribution >= 0.6 is 11.6 Å². The second kappa shape index (κ2) is 9.99. The first-order valence-corrected chi connectivity index (χ1v) is 14.1. The van der Waals surface area contributed by atoms with E-state index in [0.717, 1.165) is 32.7 Å². The summed E-state index contributed by atoms with van der Waals surface area (Å²) >= 11 is 5.96. The van der Waals surface area contributed by atoms with Crippen molar-refractivity contribution in [3.8, 4) is 0 Å². The van der Waals surface area contributed by atoms with Crippen molar-refractivity contribution in [3.05, 3.63) is 140 Å². The van der Waals surface area contributed by atoms with Gasteiger partial charge in [-0.2, -0.15) is 5.10 Å². The second-order valence-corrected chi connectivity index (χ2v) is 11.3. The van der Waals surface area contributed by atoms with Gasteiger partial charge in [0.25, 0.3) is 5.69 Å². The summed E-state index contributed by atoms with van der Waals surface area (Å²) in [6.45, 7) is 0. The van der Waals surface area contributed by atoms with Crippen LogP contribution in [-0.4, -0.2) is 28.9 Å². The van der Waals surface area contributed by atoms with Gasteiger partial charge in [-0.1, -0.05) is 84.4 Å². The number of hydrazone groups is 1. The molecule has 4 aromatic rings. The molecule has 10 heteroatoms. The number of para-hydroxylation sites is 2. The molecule has 3 amide bonds. The lowest BCUT2D eigenvalue weighted by Crippen LogP contribution is -2.54. The monoisotopic (exact) mass is 590 g/mol. The fourth-order valence-corrected chi connectivity index (χ4v) is 7.25. The fraction of sp³-hybridized carbons (Fsp3) is 0.152. The first-order chi connectivity index (χ1) is 20.8. The van der Waals surface area contributed by atoms with Crippen molar-refractivity contribution in [2.75, 3.05) is 4.90 Å². The molecule has 8 rings (SSSR count). The van der Waals surface area contributed by atoms with Crippen molar-refractivity contribution in [3.63, 3.8) is 0 Å². The Morgan fingerprint density at radius 3 is 2.16 bits per heavy atom. The summed E-state index contributed by atoms with van der Waals surface area (Å²) in [7, 11) is 0. The molecule has 2 atom stereocenters. The molecule has 1 saturated heterocycles. The van der Waals surface area contributed by atoms with Crippen molar-refractivity contribution >= 4 is 46.9 Å². The molecule has 2 bridgehead atoms. The zero-order valence-corrected chi connectivity index (χ0v) is 23.3. The van der Waals surface area contributed by atoms with Crippen LogP contribution in [0.2, 0.25) is 5.02 Å². The molecule has 4 aromatic carbocycles. The molecule has 1 heterocycles. The van der Waals surface area contributed by atoms with Crippen LogP contribution in [-0.2, 0) is 26.2 Å². The third-order valence-corrected chi connectivity index (χ3v) is 8.99.